The Morgan fingerprint density at radius 3 is 1.38 bits per heavy atom. The molecule has 0 fully saturated rings. The third kappa shape index (κ3) is 11.9. The predicted octanol–water partition coefficient (Wildman–Crippen LogP) is 2.93. The van der Waals surface area contributed by atoms with Crippen LogP contribution in [0.5, 0.6) is 0 Å². The Morgan fingerprint density at radius 2 is 1.31 bits per heavy atom. The van der Waals surface area contributed by atoms with E-state index in [-0.39, 0.29) is 0 Å². The lowest BCUT2D eigenvalue weighted by atomic mass is 10.1. The van der Waals surface area contributed by atoms with Gasteiger partial charge < -0.3 is 5.73 Å². The minimum Gasteiger partial charge on any atom is -0.318 e. The monoisotopic (exact) mass is 190 g/mol. The van der Waals surface area contributed by atoms with Gasteiger partial charge in [0.25, 0.3) is 0 Å². The minimum atomic E-state index is 0.593. The standard InChI is InChI=1S/C7H18N2.2C2H6/c1-6(2)7(3)9(4)5-8;2*1-2/h6-7H,5,8H2,1-4H3;2*1-2H3. The van der Waals surface area contributed by atoms with Gasteiger partial charge in [-0.2, -0.15) is 0 Å². The van der Waals surface area contributed by atoms with Gasteiger partial charge in [0.2, 0.25) is 0 Å². The molecular weight excluding hydrogens is 160 g/mol. The lowest BCUT2D eigenvalue weighted by Crippen LogP contribution is -2.37. The van der Waals surface area contributed by atoms with Crippen molar-refractivity contribution in [1.29, 1.82) is 0 Å². The third-order valence-electron chi connectivity index (χ3n) is 1.95. The molecule has 0 saturated carbocycles. The van der Waals surface area contributed by atoms with Crippen molar-refractivity contribution in [2.75, 3.05) is 13.7 Å². The molecule has 0 amide bonds. The van der Waals surface area contributed by atoms with E-state index in [1.165, 1.54) is 0 Å². The van der Waals surface area contributed by atoms with Crippen molar-refractivity contribution in [2.24, 2.45) is 11.7 Å². The Hall–Kier alpha value is -0.0800. The van der Waals surface area contributed by atoms with Crippen molar-refractivity contribution in [3.63, 3.8) is 0 Å². The zero-order valence-corrected chi connectivity index (χ0v) is 10.9. The fraction of sp³-hybridized carbons (Fsp3) is 1.00. The van der Waals surface area contributed by atoms with E-state index in [0.29, 0.717) is 18.6 Å². The molecule has 0 aliphatic carbocycles. The van der Waals surface area contributed by atoms with Gasteiger partial charge in [0.05, 0.1) is 0 Å². The molecule has 1 atom stereocenters. The van der Waals surface area contributed by atoms with Gasteiger partial charge in [-0.15, -0.1) is 0 Å². The normalized spacial score (nSPS) is 11.3. The Morgan fingerprint density at radius 1 is 1.00 bits per heavy atom. The average Bonchev–Trinajstić information content (AvgIpc) is 2.21. The molecule has 0 bridgehead atoms. The molecule has 2 nitrogen and oxygen atoms in total. The molecule has 0 aromatic heterocycles. The van der Waals surface area contributed by atoms with Crippen LogP contribution in [0, 0.1) is 5.92 Å². The molecule has 0 rings (SSSR count). The maximum atomic E-state index is 5.44. The van der Waals surface area contributed by atoms with Gasteiger partial charge in [0.1, 0.15) is 0 Å². The van der Waals surface area contributed by atoms with Crippen LogP contribution in [0.1, 0.15) is 48.5 Å². The summed E-state index contributed by atoms with van der Waals surface area (Å²) in [5.74, 6) is 0.693. The molecule has 13 heavy (non-hydrogen) atoms. The van der Waals surface area contributed by atoms with E-state index < -0.39 is 0 Å². The lowest BCUT2D eigenvalue weighted by molar-refractivity contribution is 0.213. The molecule has 1 unspecified atom stereocenters. The lowest BCUT2D eigenvalue weighted by Gasteiger charge is -2.25. The summed E-state index contributed by atoms with van der Waals surface area (Å²) in [6.07, 6.45) is 0. The molecule has 0 aromatic carbocycles. The summed E-state index contributed by atoms with van der Waals surface area (Å²) in [5, 5.41) is 0. The summed E-state index contributed by atoms with van der Waals surface area (Å²) in [7, 11) is 2.05. The van der Waals surface area contributed by atoms with Crippen LogP contribution in [0.4, 0.5) is 0 Å². The summed E-state index contributed by atoms with van der Waals surface area (Å²) in [5.41, 5.74) is 5.44. The number of hydrogen-bond acceptors (Lipinski definition) is 2. The number of nitrogens with two attached hydrogens (primary N) is 1. The maximum Gasteiger partial charge on any atom is 0.0455 e. The summed E-state index contributed by atoms with van der Waals surface area (Å²) in [4.78, 5) is 2.14. The van der Waals surface area contributed by atoms with Gasteiger partial charge in [-0.1, -0.05) is 41.5 Å². The van der Waals surface area contributed by atoms with E-state index in [4.69, 9.17) is 5.73 Å². The van der Waals surface area contributed by atoms with E-state index in [0.717, 1.165) is 0 Å². The zero-order chi connectivity index (χ0) is 11.4. The van der Waals surface area contributed by atoms with Crippen molar-refractivity contribution in [3.05, 3.63) is 0 Å². The van der Waals surface area contributed by atoms with Gasteiger partial charge in [-0.25, -0.2) is 0 Å². The highest BCUT2D eigenvalue weighted by Crippen LogP contribution is 2.05. The van der Waals surface area contributed by atoms with Crippen molar-refractivity contribution in [1.82, 2.24) is 4.90 Å². The van der Waals surface area contributed by atoms with E-state index >= 15 is 0 Å². The maximum absolute atomic E-state index is 5.44. The molecule has 0 saturated heterocycles. The zero-order valence-electron chi connectivity index (χ0n) is 10.9. The summed E-state index contributed by atoms with van der Waals surface area (Å²) in [6.45, 7) is 15.3. The van der Waals surface area contributed by atoms with Gasteiger partial charge in [-0.05, 0) is 19.9 Å². The van der Waals surface area contributed by atoms with Crippen LogP contribution in [0.2, 0.25) is 0 Å². The van der Waals surface area contributed by atoms with E-state index in [1.807, 2.05) is 34.7 Å². The van der Waals surface area contributed by atoms with Crippen molar-refractivity contribution >= 4 is 0 Å². The molecule has 0 radical (unpaired) electrons. The van der Waals surface area contributed by atoms with E-state index in [1.54, 1.807) is 0 Å². The van der Waals surface area contributed by atoms with Crippen LogP contribution in [0.3, 0.4) is 0 Å². The first-order valence-corrected chi connectivity index (χ1v) is 5.50. The molecule has 0 aliphatic rings. The van der Waals surface area contributed by atoms with Crippen LogP contribution < -0.4 is 5.73 Å². The van der Waals surface area contributed by atoms with E-state index in [2.05, 4.69) is 25.7 Å². The molecule has 0 aliphatic heterocycles. The Balaban J connectivity index is -0.000000218. The fourth-order valence-electron chi connectivity index (χ4n) is 0.675. The SMILES string of the molecule is CC.CC.CC(C)C(C)N(C)CN. The highest BCUT2D eigenvalue weighted by atomic mass is 15.2. The largest absolute Gasteiger partial charge is 0.318 e. The second-order valence-corrected chi connectivity index (χ2v) is 2.92. The third-order valence-corrected chi connectivity index (χ3v) is 1.95. The van der Waals surface area contributed by atoms with Gasteiger partial charge in [-0.3, -0.25) is 4.90 Å². The minimum absolute atomic E-state index is 0.593. The second-order valence-electron chi connectivity index (χ2n) is 2.92. The summed E-state index contributed by atoms with van der Waals surface area (Å²) < 4.78 is 0. The summed E-state index contributed by atoms with van der Waals surface area (Å²) in [6, 6.07) is 0.593. The smallest absolute Gasteiger partial charge is 0.0455 e. The Kier molecular flexibility index (Phi) is 20.7. The highest BCUT2D eigenvalue weighted by Gasteiger charge is 2.09. The average molecular weight is 190 g/mol. The first-order valence-electron chi connectivity index (χ1n) is 5.50. The topological polar surface area (TPSA) is 29.3 Å². The quantitative estimate of drug-likeness (QED) is 0.693. The molecule has 0 heterocycles. The van der Waals surface area contributed by atoms with Crippen LogP contribution in [-0.2, 0) is 0 Å². The predicted molar refractivity (Wildman–Crippen MR) is 63.8 cm³/mol. The molecule has 0 spiro atoms. The van der Waals surface area contributed by atoms with Gasteiger partial charge in [0.15, 0.2) is 0 Å². The number of hydrogen-bond donors (Lipinski definition) is 1. The molecule has 2 heteroatoms. The summed E-state index contributed by atoms with van der Waals surface area (Å²) >= 11 is 0. The van der Waals surface area contributed by atoms with Gasteiger partial charge in [0, 0.05) is 12.7 Å². The first-order chi connectivity index (χ1) is 6.09. The number of rotatable bonds is 3. The van der Waals surface area contributed by atoms with E-state index in [9.17, 15) is 0 Å². The first kappa shape index (κ1) is 18.7. The van der Waals surface area contributed by atoms with Crippen molar-refractivity contribution in [3.8, 4) is 0 Å². The molecule has 84 valence electrons. The Labute approximate surface area is 85.5 Å². The van der Waals surface area contributed by atoms with Crippen LogP contribution in [-0.4, -0.2) is 24.7 Å². The Bertz CT molecular complexity index is 72.5. The van der Waals surface area contributed by atoms with Gasteiger partial charge >= 0.3 is 0 Å². The van der Waals surface area contributed by atoms with Crippen molar-refractivity contribution in [2.45, 2.75) is 54.5 Å². The van der Waals surface area contributed by atoms with Crippen LogP contribution in [0.15, 0.2) is 0 Å². The molecule has 0 aromatic rings. The number of nitrogens with zero attached hydrogens (tertiary/aromatic N) is 1. The highest BCUT2D eigenvalue weighted by molar-refractivity contribution is 4.64. The van der Waals surface area contributed by atoms with Crippen LogP contribution >= 0.6 is 0 Å². The van der Waals surface area contributed by atoms with Crippen LogP contribution in [0.25, 0.3) is 0 Å². The second kappa shape index (κ2) is 14.4. The fourth-order valence-corrected chi connectivity index (χ4v) is 0.675. The molecular formula is C11H30N2. The molecule has 2 N–H and O–H groups in total. The van der Waals surface area contributed by atoms with Crippen molar-refractivity contribution < 1.29 is 0 Å².